The number of hydrogen-bond acceptors (Lipinski definition) is 5. The minimum Gasteiger partial charge on any atom is -0.389 e. The van der Waals surface area contributed by atoms with E-state index in [4.69, 9.17) is 4.74 Å². The molecule has 1 aliphatic heterocycles. The fourth-order valence-corrected chi connectivity index (χ4v) is 1.71. The summed E-state index contributed by atoms with van der Waals surface area (Å²) >= 11 is 0. The molecule has 1 amide bonds. The first kappa shape index (κ1) is 12.4. The van der Waals surface area contributed by atoms with Crippen molar-refractivity contribution in [2.45, 2.75) is 31.2 Å². The van der Waals surface area contributed by atoms with Gasteiger partial charge in [-0.1, -0.05) is 0 Å². The van der Waals surface area contributed by atoms with E-state index in [1.54, 1.807) is 0 Å². The Balaban J connectivity index is 2.43. The van der Waals surface area contributed by atoms with Gasteiger partial charge >= 0.3 is 0 Å². The summed E-state index contributed by atoms with van der Waals surface area (Å²) in [5.41, 5.74) is 0. The molecule has 0 bridgehead atoms. The molecule has 0 spiro atoms. The monoisotopic (exact) mass is 218 g/mol. The third kappa shape index (κ3) is 3.13. The average molecular weight is 218 g/mol. The normalized spacial score (nSPS) is 35.5. The van der Waals surface area contributed by atoms with Crippen LogP contribution < -0.4 is 10.6 Å². The van der Waals surface area contributed by atoms with Gasteiger partial charge in [-0.2, -0.15) is 0 Å². The van der Waals surface area contributed by atoms with Crippen molar-refractivity contribution in [1.29, 1.82) is 0 Å². The third-order valence-electron chi connectivity index (χ3n) is 2.52. The Hall–Kier alpha value is -0.690. The largest absolute Gasteiger partial charge is 0.389 e. The molecule has 1 heterocycles. The van der Waals surface area contributed by atoms with Crippen molar-refractivity contribution in [3.05, 3.63) is 0 Å². The molecule has 0 saturated carbocycles. The molecule has 0 aromatic heterocycles. The molecule has 15 heavy (non-hydrogen) atoms. The lowest BCUT2D eigenvalue weighted by Gasteiger charge is -2.15. The number of amides is 1. The van der Waals surface area contributed by atoms with E-state index in [0.717, 1.165) is 0 Å². The lowest BCUT2D eigenvalue weighted by Crippen LogP contribution is -2.43. The van der Waals surface area contributed by atoms with E-state index in [1.165, 1.54) is 14.0 Å². The predicted octanol–water partition coefficient (Wildman–Crippen LogP) is -2.17. The number of rotatable bonds is 4. The maximum Gasteiger partial charge on any atom is 0.216 e. The van der Waals surface area contributed by atoms with Crippen LogP contribution in [-0.2, 0) is 9.53 Å². The quantitative estimate of drug-likeness (QED) is 0.431. The zero-order valence-electron chi connectivity index (χ0n) is 8.93. The Morgan fingerprint density at radius 1 is 1.40 bits per heavy atom. The van der Waals surface area contributed by atoms with Gasteiger partial charge in [-0.3, -0.25) is 4.79 Å². The van der Waals surface area contributed by atoms with Gasteiger partial charge < -0.3 is 25.6 Å². The van der Waals surface area contributed by atoms with Crippen LogP contribution in [0.2, 0.25) is 0 Å². The number of carbonyl (C=O) groups is 1. The third-order valence-corrected chi connectivity index (χ3v) is 2.52. The number of carbonyl (C=O) groups excluding carboxylic acids is 1. The van der Waals surface area contributed by atoms with Gasteiger partial charge in [0.15, 0.2) is 0 Å². The number of hydrogen-bond donors (Lipinski definition) is 4. The Morgan fingerprint density at radius 3 is 2.53 bits per heavy atom. The van der Waals surface area contributed by atoms with Crippen LogP contribution >= 0.6 is 0 Å². The van der Waals surface area contributed by atoms with Crippen molar-refractivity contribution in [2.24, 2.45) is 0 Å². The summed E-state index contributed by atoms with van der Waals surface area (Å²) in [5, 5.41) is 24.9. The van der Waals surface area contributed by atoms with Gasteiger partial charge in [0.2, 0.25) is 5.91 Å². The highest BCUT2D eigenvalue weighted by Crippen LogP contribution is 2.14. The Bertz CT molecular complexity index is 224. The molecule has 0 radical (unpaired) electrons. The molecule has 1 rings (SSSR count). The lowest BCUT2D eigenvalue weighted by molar-refractivity contribution is -0.119. The van der Waals surface area contributed by atoms with Gasteiger partial charge in [0, 0.05) is 20.6 Å². The number of nitrogens with one attached hydrogen (secondary N) is 2. The highest BCUT2D eigenvalue weighted by atomic mass is 16.5. The Morgan fingerprint density at radius 2 is 2.00 bits per heavy atom. The highest BCUT2D eigenvalue weighted by Gasteiger charge is 2.40. The summed E-state index contributed by atoms with van der Waals surface area (Å²) in [6.07, 6.45) is -1.74. The first-order valence-electron chi connectivity index (χ1n) is 4.91. The minimum absolute atomic E-state index is 0.159. The summed E-state index contributed by atoms with van der Waals surface area (Å²) in [6.45, 7) is 2.03. The molecule has 1 saturated heterocycles. The van der Waals surface area contributed by atoms with Crippen molar-refractivity contribution in [2.75, 3.05) is 20.3 Å². The molecule has 0 aromatic carbocycles. The van der Waals surface area contributed by atoms with Crippen molar-refractivity contribution < 1.29 is 19.7 Å². The van der Waals surface area contributed by atoms with E-state index in [1.807, 2.05) is 0 Å². The average Bonchev–Trinajstić information content (AvgIpc) is 2.44. The molecule has 88 valence electrons. The number of methoxy groups -OCH3 is 1. The molecule has 6 heteroatoms. The van der Waals surface area contributed by atoms with Crippen molar-refractivity contribution in [3.63, 3.8) is 0 Å². The fraction of sp³-hybridized carbons (Fsp3) is 0.889. The van der Waals surface area contributed by atoms with Gasteiger partial charge in [-0.15, -0.1) is 0 Å². The number of aliphatic hydroxyl groups is 2. The molecular formula is C9H18N2O4. The second kappa shape index (κ2) is 5.41. The molecule has 1 aliphatic rings. The minimum atomic E-state index is -0.878. The zero-order chi connectivity index (χ0) is 11.4. The summed E-state index contributed by atoms with van der Waals surface area (Å²) in [7, 11) is 1.53. The molecule has 6 nitrogen and oxygen atoms in total. The summed E-state index contributed by atoms with van der Waals surface area (Å²) in [4.78, 5) is 10.7. The zero-order valence-corrected chi connectivity index (χ0v) is 8.93. The number of ether oxygens (including phenoxy) is 1. The molecule has 4 unspecified atom stereocenters. The summed E-state index contributed by atoms with van der Waals surface area (Å²) in [5.74, 6) is -0.159. The van der Waals surface area contributed by atoms with Gasteiger partial charge in [-0.05, 0) is 0 Å². The van der Waals surface area contributed by atoms with Crippen LogP contribution in [0.3, 0.4) is 0 Å². The highest BCUT2D eigenvalue weighted by molar-refractivity contribution is 5.72. The SMILES string of the molecule is COCC1NC(CNC(C)=O)C(O)C1O. The molecule has 1 fully saturated rings. The molecule has 0 aliphatic carbocycles. The van der Waals surface area contributed by atoms with Crippen molar-refractivity contribution >= 4 is 5.91 Å². The summed E-state index contributed by atoms with van der Waals surface area (Å²) in [6, 6.07) is -0.618. The van der Waals surface area contributed by atoms with Crippen LogP contribution in [0.5, 0.6) is 0 Å². The first-order chi connectivity index (χ1) is 7.06. The summed E-state index contributed by atoms with van der Waals surface area (Å²) < 4.78 is 4.90. The molecule has 0 aromatic rings. The molecule has 4 atom stereocenters. The van der Waals surface area contributed by atoms with Crippen LogP contribution in [0.25, 0.3) is 0 Å². The van der Waals surface area contributed by atoms with Gasteiger partial charge in [0.05, 0.1) is 30.9 Å². The van der Waals surface area contributed by atoms with Crippen LogP contribution in [0.15, 0.2) is 0 Å². The van der Waals surface area contributed by atoms with E-state index < -0.39 is 12.2 Å². The van der Waals surface area contributed by atoms with Gasteiger partial charge in [-0.25, -0.2) is 0 Å². The van der Waals surface area contributed by atoms with Gasteiger partial charge in [0.1, 0.15) is 0 Å². The van der Waals surface area contributed by atoms with Crippen molar-refractivity contribution in [1.82, 2.24) is 10.6 Å². The molecule has 4 N–H and O–H groups in total. The smallest absolute Gasteiger partial charge is 0.216 e. The maximum atomic E-state index is 10.7. The predicted molar refractivity (Wildman–Crippen MR) is 53.3 cm³/mol. The van der Waals surface area contributed by atoms with Crippen LogP contribution in [0.1, 0.15) is 6.92 Å². The first-order valence-corrected chi connectivity index (χ1v) is 4.91. The van der Waals surface area contributed by atoms with E-state index in [-0.39, 0.29) is 18.0 Å². The second-order valence-electron chi connectivity index (χ2n) is 3.75. The van der Waals surface area contributed by atoms with Crippen LogP contribution in [0.4, 0.5) is 0 Å². The second-order valence-corrected chi connectivity index (χ2v) is 3.75. The van der Waals surface area contributed by atoms with Crippen molar-refractivity contribution in [3.8, 4) is 0 Å². The van der Waals surface area contributed by atoms with E-state index >= 15 is 0 Å². The van der Waals surface area contributed by atoms with E-state index in [0.29, 0.717) is 13.2 Å². The molecular weight excluding hydrogens is 200 g/mol. The number of aliphatic hydroxyl groups excluding tert-OH is 2. The topological polar surface area (TPSA) is 90.8 Å². The van der Waals surface area contributed by atoms with E-state index in [2.05, 4.69) is 10.6 Å². The Kier molecular flexibility index (Phi) is 4.46. The van der Waals surface area contributed by atoms with Crippen LogP contribution in [0, 0.1) is 0 Å². The standard InChI is InChI=1S/C9H18N2O4/c1-5(12)10-3-6-8(13)9(14)7(11-6)4-15-2/h6-9,11,13-14H,3-4H2,1-2H3,(H,10,12). The van der Waals surface area contributed by atoms with E-state index in [9.17, 15) is 15.0 Å². The lowest BCUT2D eigenvalue weighted by atomic mass is 10.1. The Labute approximate surface area is 88.6 Å². The fourth-order valence-electron chi connectivity index (χ4n) is 1.71. The van der Waals surface area contributed by atoms with Crippen LogP contribution in [-0.4, -0.2) is 60.7 Å². The maximum absolute atomic E-state index is 10.7. The van der Waals surface area contributed by atoms with Gasteiger partial charge in [0.25, 0.3) is 0 Å².